The van der Waals surface area contributed by atoms with Crippen LogP contribution < -0.4 is 5.32 Å². The van der Waals surface area contributed by atoms with Gasteiger partial charge in [0, 0.05) is 51.4 Å². The number of benzene rings is 1. The first kappa shape index (κ1) is 14.4. The van der Waals surface area contributed by atoms with Gasteiger partial charge in [0.2, 0.25) is 0 Å². The van der Waals surface area contributed by atoms with E-state index < -0.39 is 0 Å². The Morgan fingerprint density at radius 1 is 1.25 bits per heavy atom. The Labute approximate surface area is 128 Å². The quantitative estimate of drug-likeness (QED) is 0.909. The van der Waals surface area contributed by atoms with Gasteiger partial charge < -0.3 is 5.32 Å². The Balaban J connectivity index is 1.60. The van der Waals surface area contributed by atoms with Crippen LogP contribution in [0.2, 0.25) is 0 Å². The van der Waals surface area contributed by atoms with Crippen molar-refractivity contribution in [2.45, 2.75) is 19.0 Å². The highest BCUT2D eigenvalue weighted by Gasteiger charge is 2.29. The summed E-state index contributed by atoms with van der Waals surface area (Å²) in [5, 5.41) is 3.33. The summed E-state index contributed by atoms with van der Waals surface area (Å²) >= 11 is 3.28. The van der Waals surface area contributed by atoms with E-state index in [-0.39, 0.29) is 5.82 Å². The molecule has 2 aliphatic rings. The maximum Gasteiger partial charge on any atom is 0.137 e. The fraction of sp³-hybridized carbons (Fsp3) is 0.600. The molecule has 1 N–H and O–H groups in total. The summed E-state index contributed by atoms with van der Waals surface area (Å²) in [4.78, 5) is 5.07. The van der Waals surface area contributed by atoms with Crippen molar-refractivity contribution in [2.24, 2.45) is 0 Å². The zero-order chi connectivity index (χ0) is 14.1. The van der Waals surface area contributed by atoms with Crippen molar-refractivity contribution in [1.29, 1.82) is 0 Å². The van der Waals surface area contributed by atoms with Gasteiger partial charge in [0.1, 0.15) is 5.82 Å². The Morgan fingerprint density at radius 2 is 1.95 bits per heavy atom. The van der Waals surface area contributed by atoms with Gasteiger partial charge in [-0.2, -0.15) is 0 Å². The Bertz CT molecular complexity index is 470. The van der Waals surface area contributed by atoms with Crippen molar-refractivity contribution >= 4 is 15.9 Å². The van der Waals surface area contributed by atoms with Crippen LogP contribution in [0.4, 0.5) is 4.39 Å². The summed E-state index contributed by atoms with van der Waals surface area (Å²) in [6.45, 7) is 8.94. The molecule has 2 aliphatic heterocycles. The van der Waals surface area contributed by atoms with E-state index in [1.807, 2.05) is 12.1 Å². The van der Waals surface area contributed by atoms with Crippen LogP contribution in [0.5, 0.6) is 0 Å². The van der Waals surface area contributed by atoms with Crippen LogP contribution in [0, 0.1) is 5.82 Å². The van der Waals surface area contributed by atoms with Gasteiger partial charge in [-0.15, -0.1) is 0 Å². The highest BCUT2D eigenvalue weighted by atomic mass is 79.9. The van der Waals surface area contributed by atoms with Crippen LogP contribution in [0.1, 0.15) is 18.5 Å². The van der Waals surface area contributed by atoms with Crippen molar-refractivity contribution in [3.63, 3.8) is 0 Å². The third-order valence-corrected chi connectivity index (χ3v) is 5.21. The molecule has 0 aliphatic carbocycles. The SMILES string of the molecule is CC(c1ccc(F)c(Br)c1)N1CCN(C2CNC2)CC1. The van der Waals surface area contributed by atoms with Gasteiger partial charge in [0.25, 0.3) is 0 Å². The molecule has 2 saturated heterocycles. The maximum absolute atomic E-state index is 13.3. The highest BCUT2D eigenvalue weighted by molar-refractivity contribution is 9.10. The lowest BCUT2D eigenvalue weighted by Crippen LogP contribution is -2.61. The molecule has 0 saturated carbocycles. The molecular formula is C15H21BrFN3. The largest absolute Gasteiger partial charge is 0.314 e. The van der Waals surface area contributed by atoms with Crippen molar-refractivity contribution in [3.8, 4) is 0 Å². The molecule has 2 fully saturated rings. The number of nitrogens with zero attached hydrogens (tertiary/aromatic N) is 2. The average Bonchev–Trinajstić information content (AvgIpc) is 2.40. The molecule has 5 heteroatoms. The Kier molecular flexibility index (Phi) is 4.40. The predicted octanol–water partition coefficient (Wildman–Crippen LogP) is 2.24. The summed E-state index contributed by atoms with van der Waals surface area (Å²) in [6.07, 6.45) is 0. The minimum absolute atomic E-state index is 0.191. The third-order valence-electron chi connectivity index (χ3n) is 4.60. The molecule has 3 nitrogen and oxygen atoms in total. The summed E-state index contributed by atoms with van der Waals surface area (Å²) in [6, 6.07) is 6.43. The van der Waals surface area contributed by atoms with E-state index in [0.717, 1.165) is 45.3 Å². The average molecular weight is 342 g/mol. The second-order valence-corrected chi connectivity index (χ2v) is 6.59. The molecule has 20 heavy (non-hydrogen) atoms. The molecule has 0 aromatic heterocycles. The van der Waals surface area contributed by atoms with E-state index in [0.29, 0.717) is 10.5 Å². The summed E-state index contributed by atoms with van der Waals surface area (Å²) in [7, 11) is 0. The Hall–Kier alpha value is -0.490. The molecule has 2 heterocycles. The standard InChI is InChI=1S/C15H21BrFN3/c1-11(12-2-3-15(17)14(16)8-12)19-4-6-20(7-5-19)13-9-18-10-13/h2-3,8,11,13,18H,4-7,9-10H2,1H3. The number of halogens is 2. The van der Waals surface area contributed by atoms with Crippen molar-refractivity contribution in [3.05, 3.63) is 34.1 Å². The van der Waals surface area contributed by atoms with Gasteiger partial charge in [-0.05, 0) is 40.5 Å². The van der Waals surface area contributed by atoms with E-state index in [9.17, 15) is 4.39 Å². The minimum atomic E-state index is -0.191. The van der Waals surface area contributed by atoms with E-state index in [1.165, 1.54) is 5.56 Å². The van der Waals surface area contributed by atoms with Crippen LogP contribution in [-0.4, -0.2) is 55.1 Å². The maximum atomic E-state index is 13.3. The van der Waals surface area contributed by atoms with E-state index in [2.05, 4.69) is 38.0 Å². The molecule has 1 unspecified atom stereocenters. The first-order valence-corrected chi connectivity index (χ1v) is 8.08. The molecule has 1 aromatic carbocycles. The zero-order valence-corrected chi connectivity index (χ0v) is 13.4. The van der Waals surface area contributed by atoms with Gasteiger partial charge in [-0.3, -0.25) is 9.80 Å². The lowest BCUT2D eigenvalue weighted by atomic mass is 10.0. The monoisotopic (exact) mass is 341 g/mol. The fourth-order valence-corrected chi connectivity index (χ4v) is 3.40. The minimum Gasteiger partial charge on any atom is -0.314 e. The normalized spacial score (nSPS) is 23.6. The van der Waals surface area contributed by atoms with Crippen LogP contribution in [0.25, 0.3) is 0 Å². The zero-order valence-electron chi connectivity index (χ0n) is 11.8. The summed E-state index contributed by atoms with van der Waals surface area (Å²) in [5.41, 5.74) is 1.18. The fourth-order valence-electron chi connectivity index (χ4n) is 3.00. The first-order chi connectivity index (χ1) is 9.65. The first-order valence-electron chi connectivity index (χ1n) is 7.29. The number of rotatable bonds is 3. The molecule has 0 amide bonds. The van der Waals surface area contributed by atoms with E-state index in [1.54, 1.807) is 6.07 Å². The second-order valence-electron chi connectivity index (χ2n) is 5.73. The smallest absolute Gasteiger partial charge is 0.137 e. The highest BCUT2D eigenvalue weighted by Crippen LogP contribution is 2.26. The van der Waals surface area contributed by atoms with Crippen molar-refractivity contribution < 1.29 is 4.39 Å². The molecule has 110 valence electrons. The van der Waals surface area contributed by atoms with Gasteiger partial charge >= 0.3 is 0 Å². The third kappa shape index (κ3) is 2.91. The molecule has 0 radical (unpaired) electrons. The molecule has 3 rings (SSSR count). The number of nitrogens with one attached hydrogen (secondary N) is 1. The van der Waals surface area contributed by atoms with Gasteiger partial charge in [-0.1, -0.05) is 6.07 Å². The van der Waals surface area contributed by atoms with Gasteiger partial charge in [-0.25, -0.2) is 4.39 Å². The topological polar surface area (TPSA) is 18.5 Å². The van der Waals surface area contributed by atoms with Crippen LogP contribution in [0.3, 0.4) is 0 Å². The van der Waals surface area contributed by atoms with E-state index in [4.69, 9.17) is 0 Å². The number of piperazine rings is 1. The van der Waals surface area contributed by atoms with Crippen LogP contribution >= 0.6 is 15.9 Å². The predicted molar refractivity (Wildman–Crippen MR) is 82.3 cm³/mol. The van der Waals surface area contributed by atoms with Crippen LogP contribution in [-0.2, 0) is 0 Å². The molecule has 0 bridgehead atoms. The second kappa shape index (κ2) is 6.10. The molecule has 0 spiro atoms. The van der Waals surface area contributed by atoms with Gasteiger partial charge in [0.15, 0.2) is 0 Å². The number of hydrogen-bond acceptors (Lipinski definition) is 3. The Morgan fingerprint density at radius 3 is 2.50 bits per heavy atom. The van der Waals surface area contributed by atoms with Crippen molar-refractivity contribution in [1.82, 2.24) is 15.1 Å². The lowest BCUT2D eigenvalue weighted by molar-refractivity contribution is 0.0552. The molecule has 1 aromatic rings. The number of hydrogen-bond donors (Lipinski definition) is 1. The van der Waals surface area contributed by atoms with E-state index >= 15 is 0 Å². The lowest BCUT2D eigenvalue weighted by Gasteiger charge is -2.44. The van der Waals surface area contributed by atoms with Crippen LogP contribution in [0.15, 0.2) is 22.7 Å². The molecule has 1 atom stereocenters. The molecular weight excluding hydrogens is 321 g/mol. The van der Waals surface area contributed by atoms with Gasteiger partial charge in [0.05, 0.1) is 4.47 Å². The van der Waals surface area contributed by atoms with Crippen molar-refractivity contribution in [2.75, 3.05) is 39.3 Å². The summed E-state index contributed by atoms with van der Waals surface area (Å²) < 4.78 is 13.9. The summed E-state index contributed by atoms with van der Waals surface area (Å²) in [5.74, 6) is -0.191.